The van der Waals surface area contributed by atoms with Crippen LogP contribution < -0.4 is 10.2 Å². The first-order valence-electron chi connectivity index (χ1n) is 9.35. The van der Waals surface area contributed by atoms with E-state index in [9.17, 15) is 4.79 Å². The number of carbonyl (C=O) groups excluding carboxylic acids is 1. The number of benzene rings is 2. The van der Waals surface area contributed by atoms with Crippen molar-refractivity contribution in [1.29, 1.82) is 0 Å². The summed E-state index contributed by atoms with van der Waals surface area (Å²) in [6.45, 7) is 2.60. The number of rotatable bonds is 6. The highest BCUT2D eigenvalue weighted by Gasteiger charge is 2.11. The van der Waals surface area contributed by atoms with Crippen molar-refractivity contribution in [1.82, 2.24) is 4.98 Å². The minimum atomic E-state index is -0.151. The molecule has 4 rings (SSSR count). The molecule has 0 bridgehead atoms. The van der Waals surface area contributed by atoms with E-state index in [0.717, 1.165) is 34.0 Å². The third-order valence-electron chi connectivity index (χ3n) is 4.67. The van der Waals surface area contributed by atoms with Gasteiger partial charge in [0.15, 0.2) is 0 Å². The van der Waals surface area contributed by atoms with E-state index in [4.69, 9.17) is 4.74 Å². The van der Waals surface area contributed by atoms with E-state index >= 15 is 0 Å². The van der Waals surface area contributed by atoms with Crippen LogP contribution in [0.3, 0.4) is 0 Å². The molecule has 27 heavy (non-hydrogen) atoms. The number of hydrogen-bond donors (Lipinski definition) is 1. The van der Waals surface area contributed by atoms with Gasteiger partial charge in [0.2, 0.25) is 5.91 Å². The summed E-state index contributed by atoms with van der Waals surface area (Å²) < 4.78 is 6.66. The van der Waals surface area contributed by atoms with Crippen molar-refractivity contribution in [3.63, 3.8) is 0 Å². The first-order valence-corrected chi connectivity index (χ1v) is 10.2. The van der Waals surface area contributed by atoms with Crippen molar-refractivity contribution in [3.8, 4) is 0 Å². The number of hydrogen-bond acceptors (Lipinski definition) is 5. The molecule has 2 aromatic carbocycles. The molecule has 0 atom stereocenters. The second-order valence-electron chi connectivity index (χ2n) is 6.71. The molecular weight excluding hydrogens is 358 g/mol. The maximum atomic E-state index is 12.1. The van der Waals surface area contributed by atoms with E-state index in [0.29, 0.717) is 6.61 Å². The highest BCUT2D eigenvalue weighted by atomic mass is 32.1. The second kappa shape index (κ2) is 8.50. The van der Waals surface area contributed by atoms with E-state index in [1.165, 1.54) is 24.9 Å². The number of nitrogens with one attached hydrogen (secondary N) is 1. The Kier molecular flexibility index (Phi) is 5.65. The van der Waals surface area contributed by atoms with Gasteiger partial charge in [0.05, 0.1) is 16.8 Å². The third-order valence-corrected chi connectivity index (χ3v) is 5.68. The minimum absolute atomic E-state index is 0.0177. The van der Waals surface area contributed by atoms with Gasteiger partial charge in [-0.2, -0.15) is 0 Å². The summed E-state index contributed by atoms with van der Waals surface area (Å²) in [5, 5.41) is 3.77. The molecule has 3 aromatic rings. The van der Waals surface area contributed by atoms with Gasteiger partial charge in [-0.25, -0.2) is 4.98 Å². The fraction of sp³-hybridized carbons (Fsp3) is 0.333. The van der Waals surface area contributed by atoms with E-state index in [2.05, 4.69) is 27.3 Å². The molecule has 1 N–H and O–H groups in total. The van der Waals surface area contributed by atoms with Crippen LogP contribution in [0.5, 0.6) is 0 Å². The number of fused-ring (bicyclic) bond motifs is 1. The number of para-hydroxylation sites is 1. The summed E-state index contributed by atoms with van der Waals surface area (Å²) in [4.78, 5) is 19.0. The average molecular weight is 382 g/mol. The summed E-state index contributed by atoms with van der Waals surface area (Å²) >= 11 is 1.60. The average Bonchev–Trinajstić information content (AvgIpc) is 3.12. The SMILES string of the molecule is O=C(COCc1nc2ccccc2s1)Nc1ccc(N2CCCCC2)cc1. The smallest absolute Gasteiger partial charge is 0.250 e. The summed E-state index contributed by atoms with van der Waals surface area (Å²) in [6.07, 6.45) is 3.83. The largest absolute Gasteiger partial charge is 0.372 e. The van der Waals surface area contributed by atoms with E-state index < -0.39 is 0 Å². The summed E-state index contributed by atoms with van der Waals surface area (Å²) in [5.74, 6) is -0.151. The highest BCUT2D eigenvalue weighted by molar-refractivity contribution is 7.18. The molecule has 0 saturated carbocycles. The number of anilines is 2. The zero-order valence-electron chi connectivity index (χ0n) is 15.2. The van der Waals surface area contributed by atoms with Gasteiger partial charge in [-0.05, 0) is 55.7 Å². The van der Waals surface area contributed by atoms with Crippen LogP contribution in [0.4, 0.5) is 11.4 Å². The van der Waals surface area contributed by atoms with Crippen LogP contribution in [0.2, 0.25) is 0 Å². The minimum Gasteiger partial charge on any atom is -0.372 e. The first kappa shape index (κ1) is 17.9. The monoisotopic (exact) mass is 381 g/mol. The van der Waals surface area contributed by atoms with Crippen LogP contribution in [0.25, 0.3) is 10.2 Å². The number of carbonyl (C=O) groups is 1. The van der Waals surface area contributed by atoms with Gasteiger partial charge in [-0.15, -0.1) is 11.3 Å². The molecule has 1 saturated heterocycles. The van der Waals surface area contributed by atoms with Crippen LogP contribution in [0.1, 0.15) is 24.3 Å². The zero-order valence-corrected chi connectivity index (χ0v) is 16.0. The standard InChI is InChI=1S/C21H23N3O2S/c25-20(14-26-15-21-23-18-6-2-3-7-19(18)27-21)22-16-8-10-17(11-9-16)24-12-4-1-5-13-24/h2-3,6-11H,1,4-5,12-15H2,(H,22,25). The Morgan fingerprint density at radius 2 is 1.85 bits per heavy atom. The molecule has 1 aliphatic heterocycles. The Morgan fingerprint density at radius 1 is 1.07 bits per heavy atom. The second-order valence-corrected chi connectivity index (χ2v) is 7.83. The highest BCUT2D eigenvalue weighted by Crippen LogP contribution is 2.23. The zero-order chi connectivity index (χ0) is 18.5. The Hall–Kier alpha value is -2.44. The van der Waals surface area contributed by atoms with Crippen molar-refractivity contribution >= 4 is 38.8 Å². The van der Waals surface area contributed by atoms with E-state index in [1.807, 2.05) is 36.4 Å². The molecule has 140 valence electrons. The molecule has 1 fully saturated rings. The Bertz CT molecular complexity index is 868. The summed E-state index contributed by atoms with van der Waals surface area (Å²) in [7, 11) is 0. The Morgan fingerprint density at radius 3 is 2.63 bits per heavy atom. The van der Waals surface area contributed by atoms with Crippen LogP contribution >= 0.6 is 11.3 Å². The van der Waals surface area contributed by atoms with Gasteiger partial charge >= 0.3 is 0 Å². The van der Waals surface area contributed by atoms with E-state index in [1.54, 1.807) is 11.3 Å². The molecule has 6 heteroatoms. The Labute approximate surface area is 163 Å². The number of nitrogens with zero attached hydrogens (tertiary/aromatic N) is 2. The van der Waals surface area contributed by atoms with Crippen molar-refractivity contribution in [2.75, 3.05) is 29.9 Å². The van der Waals surface area contributed by atoms with Crippen LogP contribution in [0.15, 0.2) is 48.5 Å². The van der Waals surface area contributed by atoms with Gasteiger partial charge in [0, 0.05) is 24.5 Å². The number of amides is 1. The Balaban J connectivity index is 1.25. The van der Waals surface area contributed by atoms with E-state index in [-0.39, 0.29) is 12.5 Å². The van der Waals surface area contributed by atoms with Crippen LogP contribution in [-0.2, 0) is 16.1 Å². The number of aromatic nitrogens is 1. The lowest BCUT2D eigenvalue weighted by Crippen LogP contribution is -2.29. The van der Waals surface area contributed by atoms with Crippen molar-refractivity contribution in [2.24, 2.45) is 0 Å². The normalized spacial score (nSPS) is 14.4. The van der Waals surface area contributed by atoms with Gasteiger partial charge in [0.1, 0.15) is 11.6 Å². The molecule has 0 aliphatic carbocycles. The molecule has 1 aromatic heterocycles. The summed E-state index contributed by atoms with van der Waals surface area (Å²) in [5.41, 5.74) is 2.99. The lowest BCUT2D eigenvalue weighted by molar-refractivity contribution is -0.121. The summed E-state index contributed by atoms with van der Waals surface area (Å²) in [6, 6.07) is 16.0. The van der Waals surface area contributed by atoms with Crippen LogP contribution in [0, 0.1) is 0 Å². The number of piperidine rings is 1. The fourth-order valence-electron chi connectivity index (χ4n) is 3.32. The fourth-order valence-corrected chi connectivity index (χ4v) is 4.22. The van der Waals surface area contributed by atoms with Crippen molar-refractivity contribution in [2.45, 2.75) is 25.9 Å². The van der Waals surface area contributed by atoms with Crippen LogP contribution in [-0.4, -0.2) is 30.6 Å². The molecule has 2 heterocycles. The lowest BCUT2D eigenvalue weighted by Gasteiger charge is -2.28. The molecule has 5 nitrogen and oxygen atoms in total. The topological polar surface area (TPSA) is 54.5 Å². The molecule has 1 aliphatic rings. The maximum absolute atomic E-state index is 12.1. The predicted molar refractivity (Wildman–Crippen MR) is 110 cm³/mol. The predicted octanol–water partition coefficient (Wildman–Crippen LogP) is 4.44. The quantitative estimate of drug-likeness (QED) is 0.686. The number of ether oxygens (including phenoxy) is 1. The van der Waals surface area contributed by atoms with Gasteiger partial charge in [-0.3, -0.25) is 4.79 Å². The first-order chi connectivity index (χ1) is 13.3. The van der Waals surface area contributed by atoms with Gasteiger partial charge in [-0.1, -0.05) is 12.1 Å². The molecule has 0 radical (unpaired) electrons. The third kappa shape index (κ3) is 4.64. The number of thiazole rings is 1. The molecule has 0 spiro atoms. The van der Waals surface area contributed by atoms with Gasteiger partial charge < -0.3 is 15.0 Å². The molecular formula is C21H23N3O2S. The lowest BCUT2D eigenvalue weighted by atomic mass is 10.1. The van der Waals surface area contributed by atoms with Gasteiger partial charge in [0.25, 0.3) is 0 Å². The molecule has 1 amide bonds. The van der Waals surface area contributed by atoms with Crippen molar-refractivity contribution in [3.05, 3.63) is 53.5 Å². The van der Waals surface area contributed by atoms with Crippen molar-refractivity contribution < 1.29 is 9.53 Å². The molecule has 0 unspecified atom stereocenters. The maximum Gasteiger partial charge on any atom is 0.250 e.